The van der Waals surface area contributed by atoms with Crippen LogP contribution in [0.4, 0.5) is 5.69 Å². The Morgan fingerprint density at radius 1 is 1.17 bits per heavy atom. The molecular formula is C21H18N4O3S. The van der Waals surface area contributed by atoms with E-state index in [0.29, 0.717) is 17.1 Å². The van der Waals surface area contributed by atoms with Crippen molar-refractivity contribution < 1.29 is 9.53 Å². The number of aryl methyl sites for hydroxylation is 1. The molecule has 2 aromatic heterocycles. The summed E-state index contributed by atoms with van der Waals surface area (Å²) in [5, 5.41) is 5.32. The monoisotopic (exact) mass is 406 g/mol. The highest BCUT2D eigenvalue weighted by Gasteiger charge is 2.16. The van der Waals surface area contributed by atoms with E-state index in [0.717, 1.165) is 22.0 Å². The molecule has 0 atom stereocenters. The zero-order chi connectivity index (χ0) is 20.4. The standard InChI is InChI=1S/C21H18N4O3S/c1-13-11-22-21(27)25(13)18-6-4-3-5-16(18)23-19(26)17-12-29-20(24-17)14-7-9-15(28-2)10-8-14/h3-12H,1-2H3,(H,22,27)(H,23,26). The molecule has 0 aliphatic carbocycles. The maximum absolute atomic E-state index is 12.8. The number of rotatable bonds is 5. The van der Waals surface area contributed by atoms with Crippen molar-refractivity contribution in [2.75, 3.05) is 12.4 Å². The van der Waals surface area contributed by atoms with Crippen LogP contribution in [0.2, 0.25) is 0 Å². The number of para-hydroxylation sites is 2. The molecule has 0 saturated carbocycles. The van der Waals surface area contributed by atoms with Crippen molar-refractivity contribution in [2.45, 2.75) is 6.92 Å². The van der Waals surface area contributed by atoms with Gasteiger partial charge in [-0.05, 0) is 43.3 Å². The predicted octanol–water partition coefficient (Wildman–Crippen LogP) is 3.86. The molecule has 0 aliphatic rings. The minimum absolute atomic E-state index is 0.264. The van der Waals surface area contributed by atoms with Crippen LogP contribution in [-0.4, -0.2) is 27.6 Å². The Morgan fingerprint density at radius 3 is 2.62 bits per heavy atom. The molecule has 2 N–H and O–H groups in total. The topological polar surface area (TPSA) is 89.0 Å². The number of hydrogen-bond acceptors (Lipinski definition) is 5. The van der Waals surface area contributed by atoms with Gasteiger partial charge in [-0.3, -0.25) is 9.36 Å². The van der Waals surface area contributed by atoms with Crippen molar-refractivity contribution >= 4 is 22.9 Å². The van der Waals surface area contributed by atoms with E-state index < -0.39 is 0 Å². The Balaban J connectivity index is 1.60. The Morgan fingerprint density at radius 2 is 1.93 bits per heavy atom. The Kier molecular flexibility index (Phi) is 5.01. The lowest BCUT2D eigenvalue weighted by Crippen LogP contribution is -2.19. The van der Waals surface area contributed by atoms with Gasteiger partial charge in [0, 0.05) is 22.8 Å². The van der Waals surface area contributed by atoms with Crippen molar-refractivity contribution in [3.8, 4) is 22.0 Å². The largest absolute Gasteiger partial charge is 0.497 e. The van der Waals surface area contributed by atoms with Crippen LogP contribution in [0.3, 0.4) is 0 Å². The summed E-state index contributed by atoms with van der Waals surface area (Å²) in [6.45, 7) is 1.82. The zero-order valence-electron chi connectivity index (χ0n) is 15.8. The molecule has 4 aromatic rings. The van der Waals surface area contributed by atoms with Gasteiger partial charge in [0.25, 0.3) is 5.91 Å². The Bertz CT molecular complexity index is 1220. The van der Waals surface area contributed by atoms with Gasteiger partial charge in [0.1, 0.15) is 16.5 Å². The van der Waals surface area contributed by atoms with Gasteiger partial charge >= 0.3 is 5.69 Å². The third-order valence-corrected chi connectivity index (χ3v) is 5.32. The van der Waals surface area contributed by atoms with Crippen molar-refractivity contribution in [2.24, 2.45) is 0 Å². The van der Waals surface area contributed by atoms with E-state index in [9.17, 15) is 9.59 Å². The molecule has 0 spiro atoms. The highest BCUT2D eigenvalue weighted by molar-refractivity contribution is 7.13. The molecule has 2 aromatic carbocycles. The molecule has 2 heterocycles. The quantitative estimate of drug-likeness (QED) is 0.527. The molecule has 8 heteroatoms. The number of nitrogens with one attached hydrogen (secondary N) is 2. The van der Waals surface area contributed by atoms with Gasteiger partial charge in [0.15, 0.2) is 0 Å². The van der Waals surface area contributed by atoms with E-state index in [1.807, 2.05) is 37.3 Å². The normalized spacial score (nSPS) is 10.7. The number of H-pyrrole nitrogens is 1. The van der Waals surface area contributed by atoms with Gasteiger partial charge in [0.05, 0.1) is 18.5 Å². The van der Waals surface area contributed by atoms with Crippen LogP contribution >= 0.6 is 11.3 Å². The van der Waals surface area contributed by atoms with E-state index in [2.05, 4.69) is 15.3 Å². The second kappa shape index (κ2) is 7.76. The number of methoxy groups -OCH3 is 1. The fourth-order valence-corrected chi connectivity index (χ4v) is 3.77. The summed E-state index contributed by atoms with van der Waals surface area (Å²) < 4.78 is 6.68. The summed E-state index contributed by atoms with van der Waals surface area (Å²) in [6, 6.07) is 14.6. The van der Waals surface area contributed by atoms with Gasteiger partial charge in [-0.2, -0.15) is 0 Å². The smallest absolute Gasteiger partial charge is 0.330 e. The molecule has 0 radical (unpaired) electrons. The molecule has 0 unspecified atom stereocenters. The van der Waals surface area contributed by atoms with Crippen molar-refractivity contribution in [3.05, 3.63) is 82.0 Å². The third kappa shape index (κ3) is 3.70. The highest BCUT2D eigenvalue weighted by Crippen LogP contribution is 2.27. The van der Waals surface area contributed by atoms with E-state index in [4.69, 9.17) is 4.74 Å². The van der Waals surface area contributed by atoms with Gasteiger partial charge in [-0.15, -0.1) is 11.3 Å². The van der Waals surface area contributed by atoms with Crippen molar-refractivity contribution in [3.63, 3.8) is 0 Å². The first-order chi connectivity index (χ1) is 14.1. The molecule has 0 bridgehead atoms. The van der Waals surface area contributed by atoms with Gasteiger partial charge in [-0.25, -0.2) is 9.78 Å². The van der Waals surface area contributed by atoms with Crippen LogP contribution in [0.15, 0.2) is 64.9 Å². The summed E-state index contributed by atoms with van der Waals surface area (Å²) >= 11 is 1.39. The van der Waals surface area contributed by atoms with E-state index in [1.54, 1.807) is 36.9 Å². The summed E-state index contributed by atoms with van der Waals surface area (Å²) in [5.74, 6) is 0.421. The van der Waals surface area contributed by atoms with Crippen molar-refractivity contribution in [1.82, 2.24) is 14.5 Å². The fourth-order valence-electron chi connectivity index (χ4n) is 2.96. The molecule has 4 rings (SSSR count). The van der Waals surface area contributed by atoms with E-state index in [1.165, 1.54) is 15.9 Å². The number of amides is 1. The molecule has 0 fully saturated rings. The first-order valence-electron chi connectivity index (χ1n) is 8.84. The lowest BCUT2D eigenvalue weighted by molar-refractivity contribution is 0.102. The van der Waals surface area contributed by atoms with E-state index in [-0.39, 0.29) is 11.6 Å². The molecular weight excluding hydrogens is 388 g/mol. The first kappa shape index (κ1) is 18.7. The number of benzene rings is 2. The van der Waals surface area contributed by atoms with Crippen LogP contribution < -0.4 is 15.7 Å². The zero-order valence-corrected chi connectivity index (χ0v) is 16.6. The van der Waals surface area contributed by atoms with Gasteiger partial charge in [-0.1, -0.05) is 12.1 Å². The minimum atomic E-state index is -0.338. The summed E-state index contributed by atoms with van der Waals surface area (Å²) in [4.78, 5) is 32.0. The number of carbonyl (C=O) groups is 1. The van der Waals surface area contributed by atoms with Gasteiger partial charge in [0.2, 0.25) is 0 Å². The second-order valence-electron chi connectivity index (χ2n) is 6.31. The average Bonchev–Trinajstić information content (AvgIpc) is 3.36. The Hall–Kier alpha value is -3.65. The number of ether oxygens (including phenoxy) is 1. The summed E-state index contributed by atoms with van der Waals surface area (Å²) in [7, 11) is 1.61. The maximum atomic E-state index is 12.8. The van der Waals surface area contributed by atoms with Gasteiger partial charge < -0.3 is 15.0 Å². The van der Waals surface area contributed by atoms with Crippen LogP contribution in [0.25, 0.3) is 16.3 Å². The minimum Gasteiger partial charge on any atom is -0.497 e. The lowest BCUT2D eigenvalue weighted by Gasteiger charge is -2.11. The highest BCUT2D eigenvalue weighted by atomic mass is 32.1. The molecule has 29 heavy (non-hydrogen) atoms. The van der Waals surface area contributed by atoms with Crippen LogP contribution in [-0.2, 0) is 0 Å². The number of thiazole rings is 1. The molecule has 1 amide bonds. The summed E-state index contributed by atoms with van der Waals surface area (Å²) in [6.07, 6.45) is 1.63. The maximum Gasteiger partial charge on any atom is 0.330 e. The first-order valence-corrected chi connectivity index (χ1v) is 9.72. The number of nitrogens with zero attached hydrogens (tertiary/aromatic N) is 2. The molecule has 0 saturated heterocycles. The number of imidazole rings is 1. The van der Waals surface area contributed by atoms with E-state index >= 15 is 0 Å². The molecule has 146 valence electrons. The number of aromatic amines is 1. The summed E-state index contributed by atoms with van der Waals surface area (Å²) in [5.41, 5.74) is 2.82. The van der Waals surface area contributed by atoms with Crippen molar-refractivity contribution in [1.29, 1.82) is 0 Å². The fraction of sp³-hybridized carbons (Fsp3) is 0.0952. The number of hydrogen-bond donors (Lipinski definition) is 2. The Labute approximate surface area is 170 Å². The molecule has 7 nitrogen and oxygen atoms in total. The predicted molar refractivity (Wildman–Crippen MR) is 113 cm³/mol. The van der Waals surface area contributed by atoms with Crippen LogP contribution in [0.1, 0.15) is 16.2 Å². The van der Waals surface area contributed by atoms with Crippen LogP contribution in [0.5, 0.6) is 5.75 Å². The third-order valence-electron chi connectivity index (χ3n) is 4.43. The average molecular weight is 406 g/mol. The van der Waals surface area contributed by atoms with Crippen LogP contribution in [0, 0.1) is 6.92 Å². The number of aromatic nitrogens is 3. The SMILES string of the molecule is COc1ccc(-c2nc(C(=O)Nc3ccccc3-n3c(C)c[nH]c3=O)cs2)cc1. The lowest BCUT2D eigenvalue weighted by atomic mass is 10.2. The number of anilines is 1. The molecule has 0 aliphatic heterocycles. The number of carbonyl (C=O) groups excluding carboxylic acids is 1. The second-order valence-corrected chi connectivity index (χ2v) is 7.17.